The number of para-hydroxylation sites is 1. The summed E-state index contributed by atoms with van der Waals surface area (Å²) in [5, 5.41) is 8.69. The van der Waals surface area contributed by atoms with Crippen LogP contribution in [-0.2, 0) is 11.2 Å². The Hall–Kier alpha value is -4.52. The number of methoxy groups -OCH3 is 1. The van der Waals surface area contributed by atoms with Crippen molar-refractivity contribution in [2.75, 3.05) is 12.4 Å². The Morgan fingerprint density at radius 2 is 1.82 bits per heavy atom. The zero-order chi connectivity index (χ0) is 23.5. The lowest BCUT2D eigenvalue weighted by Crippen LogP contribution is -2.15. The van der Waals surface area contributed by atoms with E-state index >= 15 is 0 Å². The molecular formula is C27H23N5O2. The molecular weight excluding hydrogens is 426 g/mol. The SMILES string of the molecule is COc1ccc(NC(=O)Cc2cc(-c3ccnc4ccccc34)n(-c3cccc(C)n3)n2)cc1. The Labute approximate surface area is 197 Å². The van der Waals surface area contributed by atoms with Crippen LogP contribution in [0.5, 0.6) is 5.75 Å². The van der Waals surface area contributed by atoms with Crippen LogP contribution in [0.15, 0.2) is 85.1 Å². The van der Waals surface area contributed by atoms with Crippen molar-refractivity contribution >= 4 is 22.5 Å². The standard InChI is InChI=1S/C27H23N5O2/c1-18-6-5-9-26(29-18)32-25(23-14-15-28-24-8-4-3-7-22(23)24)16-20(31-32)17-27(33)30-19-10-12-21(34-2)13-11-19/h3-16H,17H2,1-2H3,(H,30,33). The summed E-state index contributed by atoms with van der Waals surface area (Å²) in [4.78, 5) is 21.9. The largest absolute Gasteiger partial charge is 0.497 e. The van der Waals surface area contributed by atoms with Gasteiger partial charge in [0, 0.05) is 28.5 Å². The Morgan fingerprint density at radius 1 is 1.00 bits per heavy atom. The highest BCUT2D eigenvalue weighted by atomic mass is 16.5. The molecule has 34 heavy (non-hydrogen) atoms. The van der Waals surface area contributed by atoms with Crippen molar-refractivity contribution in [3.05, 3.63) is 96.4 Å². The van der Waals surface area contributed by atoms with E-state index in [1.54, 1.807) is 42.3 Å². The number of nitrogens with zero attached hydrogens (tertiary/aromatic N) is 4. The molecule has 0 unspecified atom stereocenters. The van der Waals surface area contributed by atoms with Crippen LogP contribution in [0.3, 0.4) is 0 Å². The topological polar surface area (TPSA) is 81.9 Å². The lowest BCUT2D eigenvalue weighted by Gasteiger charge is -2.09. The molecule has 0 bridgehead atoms. The molecule has 0 saturated heterocycles. The maximum absolute atomic E-state index is 12.8. The highest BCUT2D eigenvalue weighted by Gasteiger charge is 2.17. The number of pyridine rings is 2. The van der Waals surface area contributed by atoms with Crippen LogP contribution in [-0.4, -0.2) is 32.8 Å². The van der Waals surface area contributed by atoms with E-state index in [0.717, 1.165) is 33.6 Å². The van der Waals surface area contributed by atoms with Gasteiger partial charge in [0.25, 0.3) is 0 Å². The van der Waals surface area contributed by atoms with E-state index in [0.29, 0.717) is 17.2 Å². The summed E-state index contributed by atoms with van der Waals surface area (Å²) >= 11 is 0. The van der Waals surface area contributed by atoms with Gasteiger partial charge in [0.2, 0.25) is 5.91 Å². The minimum absolute atomic E-state index is 0.126. The number of ether oxygens (including phenoxy) is 1. The van der Waals surface area contributed by atoms with Gasteiger partial charge in [0.05, 0.1) is 30.4 Å². The third-order valence-corrected chi connectivity index (χ3v) is 5.49. The van der Waals surface area contributed by atoms with Crippen molar-refractivity contribution in [1.82, 2.24) is 19.7 Å². The monoisotopic (exact) mass is 449 g/mol. The van der Waals surface area contributed by atoms with E-state index in [2.05, 4.69) is 15.3 Å². The van der Waals surface area contributed by atoms with E-state index in [1.807, 2.05) is 61.5 Å². The number of carbonyl (C=O) groups is 1. The summed E-state index contributed by atoms with van der Waals surface area (Å²) in [5.74, 6) is 1.27. The molecule has 0 fully saturated rings. The quantitative estimate of drug-likeness (QED) is 0.395. The number of anilines is 1. The molecule has 0 aliphatic rings. The number of aryl methyl sites for hydroxylation is 1. The Morgan fingerprint density at radius 3 is 2.62 bits per heavy atom. The van der Waals surface area contributed by atoms with Gasteiger partial charge in [-0.1, -0.05) is 24.3 Å². The second-order valence-electron chi connectivity index (χ2n) is 7.90. The minimum Gasteiger partial charge on any atom is -0.497 e. The number of fused-ring (bicyclic) bond motifs is 1. The molecule has 5 rings (SSSR count). The first-order valence-electron chi connectivity index (χ1n) is 10.9. The number of aromatic nitrogens is 4. The summed E-state index contributed by atoms with van der Waals surface area (Å²) < 4.78 is 6.97. The fourth-order valence-corrected chi connectivity index (χ4v) is 3.89. The smallest absolute Gasteiger partial charge is 0.230 e. The van der Waals surface area contributed by atoms with Crippen molar-refractivity contribution in [3.8, 4) is 22.8 Å². The van der Waals surface area contributed by atoms with Crippen LogP contribution in [0.2, 0.25) is 0 Å². The molecule has 2 aromatic carbocycles. The van der Waals surface area contributed by atoms with Gasteiger partial charge in [-0.15, -0.1) is 0 Å². The predicted octanol–water partition coefficient (Wildman–Crippen LogP) is 4.98. The Bertz CT molecular complexity index is 1470. The number of hydrogen-bond acceptors (Lipinski definition) is 5. The number of benzene rings is 2. The fourth-order valence-electron chi connectivity index (χ4n) is 3.89. The maximum Gasteiger partial charge on any atom is 0.230 e. The van der Waals surface area contributed by atoms with E-state index in [1.165, 1.54) is 0 Å². The summed E-state index contributed by atoms with van der Waals surface area (Å²) in [6, 6.07) is 24.9. The fraction of sp³-hybridized carbons (Fsp3) is 0.111. The molecule has 3 heterocycles. The van der Waals surface area contributed by atoms with Crippen molar-refractivity contribution in [2.45, 2.75) is 13.3 Å². The molecule has 7 nitrogen and oxygen atoms in total. The molecule has 0 radical (unpaired) electrons. The number of rotatable bonds is 6. The average molecular weight is 450 g/mol. The predicted molar refractivity (Wildman–Crippen MR) is 132 cm³/mol. The normalized spacial score (nSPS) is 10.9. The second kappa shape index (κ2) is 9.15. The maximum atomic E-state index is 12.8. The molecule has 5 aromatic rings. The third-order valence-electron chi connectivity index (χ3n) is 5.49. The number of amides is 1. The van der Waals surface area contributed by atoms with Gasteiger partial charge in [-0.25, -0.2) is 9.67 Å². The van der Waals surface area contributed by atoms with Crippen molar-refractivity contribution in [3.63, 3.8) is 0 Å². The molecule has 3 aromatic heterocycles. The number of carbonyl (C=O) groups excluding carboxylic acids is 1. The van der Waals surface area contributed by atoms with Crippen LogP contribution in [0, 0.1) is 6.92 Å². The first kappa shape index (κ1) is 21.3. The van der Waals surface area contributed by atoms with Gasteiger partial charge < -0.3 is 10.1 Å². The summed E-state index contributed by atoms with van der Waals surface area (Å²) in [6.07, 6.45) is 1.91. The zero-order valence-corrected chi connectivity index (χ0v) is 18.9. The van der Waals surface area contributed by atoms with Crippen LogP contribution >= 0.6 is 0 Å². The lowest BCUT2D eigenvalue weighted by atomic mass is 10.1. The second-order valence-corrected chi connectivity index (χ2v) is 7.90. The average Bonchev–Trinajstić information content (AvgIpc) is 3.27. The molecule has 7 heteroatoms. The Kier molecular flexibility index (Phi) is 5.74. The van der Waals surface area contributed by atoms with Crippen LogP contribution in [0.25, 0.3) is 28.0 Å². The number of nitrogens with one attached hydrogen (secondary N) is 1. The van der Waals surface area contributed by atoms with Crippen LogP contribution in [0.1, 0.15) is 11.4 Å². The van der Waals surface area contributed by atoms with E-state index in [-0.39, 0.29) is 12.3 Å². The van der Waals surface area contributed by atoms with Gasteiger partial charge in [-0.05, 0) is 61.5 Å². The molecule has 1 amide bonds. The molecule has 0 aliphatic carbocycles. The zero-order valence-electron chi connectivity index (χ0n) is 18.9. The summed E-state index contributed by atoms with van der Waals surface area (Å²) in [5.41, 5.74) is 4.95. The molecule has 168 valence electrons. The van der Waals surface area contributed by atoms with E-state index < -0.39 is 0 Å². The molecule has 1 N–H and O–H groups in total. The lowest BCUT2D eigenvalue weighted by molar-refractivity contribution is -0.115. The molecule has 0 saturated carbocycles. The van der Waals surface area contributed by atoms with Crippen molar-refractivity contribution in [1.29, 1.82) is 0 Å². The van der Waals surface area contributed by atoms with Crippen LogP contribution < -0.4 is 10.1 Å². The summed E-state index contributed by atoms with van der Waals surface area (Å²) in [7, 11) is 1.61. The Balaban J connectivity index is 1.52. The van der Waals surface area contributed by atoms with E-state index in [4.69, 9.17) is 9.84 Å². The first-order chi connectivity index (χ1) is 16.6. The molecule has 0 spiro atoms. The third kappa shape index (κ3) is 4.36. The van der Waals surface area contributed by atoms with E-state index in [9.17, 15) is 4.79 Å². The van der Waals surface area contributed by atoms with Gasteiger partial charge in [0.15, 0.2) is 5.82 Å². The van der Waals surface area contributed by atoms with Gasteiger partial charge in [-0.3, -0.25) is 9.78 Å². The minimum atomic E-state index is -0.154. The van der Waals surface area contributed by atoms with Gasteiger partial charge >= 0.3 is 0 Å². The van der Waals surface area contributed by atoms with Gasteiger partial charge in [0.1, 0.15) is 5.75 Å². The van der Waals surface area contributed by atoms with Crippen LogP contribution in [0.4, 0.5) is 5.69 Å². The summed E-state index contributed by atoms with van der Waals surface area (Å²) in [6.45, 7) is 1.94. The molecule has 0 aliphatic heterocycles. The highest BCUT2D eigenvalue weighted by Crippen LogP contribution is 2.30. The van der Waals surface area contributed by atoms with Gasteiger partial charge in [-0.2, -0.15) is 5.10 Å². The highest BCUT2D eigenvalue weighted by molar-refractivity contribution is 5.95. The molecule has 0 atom stereocenters. The first-order valence-corrected chi connectivity index (χ1v) is 10.9. The van der Waals surface area contributed by atoms with Crippen molar-refractivity contribution < 1.29 is 9.53 Å². The van der Waals surface area contributed by atoms with Crippen molar-refractivity contribution in [2.24, 2.45) is 0 Å². The number of hydrogen-bond donors (Lipinski definition) is 1.